The summed E-state index contributed by atoms with van der Waals surface area (Å²) in [5.41, 5.74) is 0.731. The first-order chi connectivity index (χ1) is 16.3. The lowest BCUT2D eigenvalue weighted by atomic mass is 10.1. The van der Waals surface area contributed by atoms with E-state index in [4.69, 9.17) is 21.1 Å². The predicted molar refractivity (Wildman–Crippen MR) is 131 cm³/mol. The number of hydrogen-bond donors (Lipinski definition) is 1. The molecule has 8 nitrogen and oxygen atoms in total. The van der Waals surface area contributed by atoms with Crippen LogP contribution < -0.4 is 19.7 Å². The summed E-state index contributed by atoms with van der Waals surface area (Å²) in [7, 11) is 0. The minimum atomic E-state index is -0.764. The molecule has 0 bridgehead atoms. The molecule has 1 N–H and O–H groups in total. The van der Waals surface area contributed by atoms with E-state index in [-0.39, 0.29) is 30.8 Å². The number of halogens is 1. The largest absolute Gasteiger partial charge is 0.485 e. The summed E-state index contributed by atoms with van der Waals surface area (Å²) in [4.78, 5) is 41.8. The molecule has 0 saturated heterocycles. The Morgan fingerprint density at radius 3 is 2.68 bits per heavy atom. The molecule has 0 aliphatic carbocycles. The highest BCUT2D eigenvalue weighted by atomic mass is 35.5. The van der Waals surface area contributed by atoms with Crippen molar-refractivity contribution >= 4 is 34.9 Å². The van der Waals surface area contributed by atoms with Gasteiger partial charge in [0.2, 0.25) is 5.91 Å². The van der Waals surface area contributed by atoms with E-state index < -0.39 is 6.04 Å². The Morgan fingerprint density at radius 2 is 1.97 bits per heavy atom. The van der Waals surface area contributed by atoms with E-state index in [1.165, 1.54) is 4.90 Å². The maximum Gasteiger partial charge on any atom is 0.265 e. The minimum absolute atomic E-state index is 0.171. The average molecular weight is 488 g/mol. The molecule has 2 aromatic rings. The Kier molecular flexibility index (Phi) is 8.90. The maximum absolute atomic E-state index is 12.8. The zero-order chi connectivity index (χ0) is 24.7. The fraction of sp³-hybridized carbons (Fsp3) is 0.400. The third-order valence-corrected chi connectivity index (χ3v) is 5.95. The number of nitrogens with one attached hydrogen (secondary N) is 1. The summed E-state index contributed by atoms with van der Waals surface area (Å²) in [5.74, 6) is 0.0220. The van der Waals surface area contributed by atoms with Gasteiger partial charge in [-0.1, -0.05) is 31.5 Å². The standard InChI is InChI=1S/C25H30ClN3O5/c1-4-28(5-2)12-11-27-25(32)17(3)29-21-13-18(9-10-23(21)34-16-24(29)31)22(30)15-33-20-8-6-7-19(26)14-20/h6-10,13-14,17H,4-5,11-12,15-16H2,1-3H3,(H,27,32)/t17-/m1/s1. The Hall–Kier alpha value is -3.10. The number of anilines is 1. The zero-order valence-electron chi connectivity index (χ0n) is 19.7. The fourth-order valence-corrected chi connectivity index (χ4v) is 3.88. The van der Waals surface area contributed by atoms with E-state index in [0.29, 0.717) is 34.3 Å². The summed E-state index contributed by atoms with van der Waals surface area (Å²) >= 11 is 5.95. The predicted octanol–water partition coefficient (Wildman–Crippen LogP) is 3.17. The van der Waals surface area contributed by atoms with Gasteiger partial charge in [-0.25, -0.2) is 0 Å². The van der Waals surface area contributed by atoms with Gasteiger partial charge in [0.25, 0.3) is 5.91 Å². The smallest absolute Gasteiger partial charge is 0.265 e. The normalized spacial score (nSPS) is 13.8. The van der Waals surface area contributed by atoms with Crippen LogP contribution in [-0.2, 0) is 9.59 Å². The highest BCUT2D eigenvalue weighted by Gasteiger charge is 2.33. The lowest BCUT2D eigenvalue weighted by Crippen LogP contribution is -2.52. The molecule has 1 atom stereocenters. The van der Waals surface area contributed by atoms with Crippen LogP contribution in [0, 0.1) is 0 Å². The van der Waals surface area contributed by atoms with E-state index in [1.54, 1.807) is 49.4 Å². The second kappa shape index (κ2) is 11.9. The number of likely N-dealkylation sites (N-methyl/N-ethyl adjacent to an activating group) is 1. The molecule has 1 aliphatic heterocycles. The summed E-state index contributed by atoms with van der Waals surface area (Å²) < 4.78 is 11.1. The van der Waals surface area contributed by atoms with Crippen LogP contribution >= 0.6 is 11.6 Å². The Bertz CT molecular complexity index is 1040. The summed E-state index contributed by atoms with van der Waals surface area (Å²) in [6.07, 6.45) is 0. The first-order valence-corrected chi connectivity index (χ1v) is 11.7. The number of hydrogen-bond acceptors (Lipinski definition) is 6. The van der Waals surface area contributed by atoms with Gasteiger partial charge >= 0.3 is 0 Å². The Labute approximate surface area is 204 Å². The number of carbonyl (C=O) groups excluding carboxylic acids is 3. The molecule has 1 aliphatic rings. The van der Waals surface area contributed by atoms with E-state index in [1.807, 2.05) is 0 Å². The first kappa shape index (κ1) is 25.5. The van der Waals surface area contributed by atoms with E-state index in [2.05, 4.69) is 24.1 Å². The molecule has 9 heteroatoms. The Balaban J connectivity index is 1.71. The molecule has 0 unspecified atom stereocenters. The molecule has 0 aromatic heterocycles. The molecule has 1 heterocycles. The van der Waals surface area contributed by atoms with Crippen molar-refractivity contribution in [2.45, 2.75) is 26.8 Å². The van der Waals surface area contributed by atoms with Crippen LogP contribution in [0.15, 0.2) is 42.5 Å². The van der Waals surface area contributed by atoms with Crippen molar-refractivity contribution in [3.63, 3.8) is 0 Å². The third-order valence-electron chi connectivity index (χ3n) is 5.71. The highest BCUT2D eigenvalue weighted by Crippen LogP contribution is 2.34. The number of Topliss-reactive ketones (excluding diaryl/α,β-unsaturated/α-hetero) is 1. The number of ether oxygens (including phenoxy) is 2. The molecule has 0 radical (unpaired) electrons. The molecule has 34 heavy (non-hydrogen) atoms. The lowest BCUT2D eigenvalue weighted by Gasteiger charge is -2.33. The molecular weight excluding hydrogens is 458 g/mol. The van der Waals surface area contributed by atoms with Gasteiger partial charge in [0, 0.05) is 23.7 Å². The van der Waals surface area contributed by atoms with Crippen LogP contribution in [0.2, 0.25) is 5.02 Å². The van der Waals surface area contributed by atoms with Gasteiger partial charge in [-0.2, -0.15) is 0 Å². The van der Waals surface area contributed by atoms with Crippen molar-refractivity contribution in [2.75, 3.05) is 44.3 Å². The number of carbonyl (C=O) groups is 3. The summed E-state index contributed by atoms with van der Waals surface area (Å²) in [6, 6.07) is 10.8. The maximum atomic E-state index is 12.8. The molecular formula is C25H30ClN3O5. The van der Waals surface area contributed by atoms with Crippen molar-refractivity contribution < 1.29 is 23.9 Å². The number of fused-ring (bicyclic) bond motifs is 1. The van der Waals surface area contributed by atoms with Crippen molar-refractivity contribution in [3.05, 3.63) is 53.1 Å². The molecule has 182 valence electrons. The lowest BCUT2D eigenvalue weighted by molar-refractivity contribution is -0.127. The third kappa shape index (κ3) is 6.27. The number of nitrogens with zero attached hydrogens (tertiary/aromatic N) is 2. The number of rotatable bonds is 11. The second-order valence-corrected chi connectivity index (χ2v) is 8.33. The van der Waals surface area contributed by atoms with Gasteiger partial charge in [0.15, 0.2) is 19.0 Å². The van der Waals surface area contributed by atoms with E-state index in [0.717, 1.165) is 19.6 Å². The van der Waals surface area contributed by atoms with Gasteiger partial charge in [-0.05, 0) is 56.4 Å². The average Bonchev–Trinajstić information content (AvgIpc) is 2.84. The van der Waals surface area contributed by atoms with Crippen LogP contribution in [0.4, 0.5) is 5.69 Å². The Morgan fingerprint density at radius 1 is 1.21 bits per heavy atom. The fourth-order valence-electron chi connectivity index (χ4n) is 3.70. The van der Waals surface area contributed by atoms with E-state index >= 15 is 0 Å². The van der Waals surface area contributed by atoms with Crippen LogP contribution in [-0.4, -0.2) is 67.9 Å². The monoisotopic (exact) mass is 487 g/mol. The van der Waals surface area contributed by atoms with Crippen molar-refractivity contribution in [2.24, 2.45) is 0 Å². The number of ketones is 1. The number of amides is 2. The summed E-state index contributed by atoms with van der Waals surface area (Å²) in [5, 5.41) is 3.41. The molecule has 2 aromatic carbocycles. The van der Waals surface area contributed by atoms with Crippen LogP contribution in [0.3, 0.4) is 0 Å². The zero-order valence-corrected chi connectivity index (χ0v) is 20.4. The second-order valence-electron chi connectivity index (χ2n) is 7.90. The van der Waals surface area contributed by atoms with Gasteiger partial charge < -0.3 is 19.7 Å². The molecule has 0 fully saturated rings. The van der Waals surface area contributed by atoms with Crippen LogP contribution in [0.25, 0.3) is 0 Å². The topological polar surface area (TPSA) is 88.2 Å². The van der Waals surface area contributed by atoms with Crippen LogP contribution in [0.1, 0.15) is 31.1 Å². The van der Waals surface area contributed by atoms with E-state index in [9.17, 15) is 14.4 Å². The van der Waals surface area contributed by atoms with Gasteiger partial charge in [0.1, 0.15) is 17.5 Å². The van der Waals surface area contributed by atoms with Gasteiger partial charge in [-0.15, -0.1) is 0 Å². The quantitative estimate of drug-likeness (QED) is 0.490. The highest BCUT2D eigenvalue weighted by molar-refractivity contribution is 6.30. The minimum Gasteiger partial charge on any atom is -0.485 e. The van der Waals surface area contributed by atoms with Gasteiger partial charge in [-0.3, -0.25) is 19.3 Å². The molecule has 3 rings (SSSR count). The molecule has 0 saturated carbocycles. The first-order valence-electron chi connectivity index (χ1n) is 11.3. The van der Waals surface area contributed by atoms with Crippen molar-refractivity contribution in [3.8, 4) is 11.5 Å². The van der Waals surface area contributed by atoms with Crippen LogP contribution in [0.5, 0.6) is 11.5 Å². The van der Waals surface area contributed by atoms with Crippen molar-refractivity contribution in [1.82, 2.24) is 10.2 Å². The SMILES string of the molecule is CCN(CC)CCNC(=O)[C@@H](C)N1C(=O)COc2ccc(C(=O)COc3cccc(Cl)c3)cc21. The van der Waals surface area contributed by atoms with Gasteiger partial charge in [0.05, 0.1) is 5.69 Å². The summed E-state index contributed by atoms with van der Waals surface area (Å²) in [6.45, 7) is 8.43. The molecule has 0 spiro atoms. The molecule has 2 amide bonds. The number of benzene rings is 2. The van der Waals surface area contributed by atoms with Crippen molar-refractivity contribution in [1.29, 1.82) is 0 Å².